The van der Waals surface area contributed by atoms with E-state index < -0.39 is 12.0 Å². The molecule has 0 spiro atoms. The number of carboxylic acid groups (broad SMARTS) is 1. The Kier molecular flexibility index (Phi) is 7.56. The number of rotatable bonds is 7. The van der Waals surface area contributed by atoms with Gasteiger partial charge in [0, 0.05) is 36.0 Å². The van der Waals surface area contributed by atoms with Crippen LogP contribution in [0.1, 0.15) is 36.6 Å². The van der Waals surface area contributed by atoms with Crippen molar-refractivity contribution in [3.05, 3.63) is 59.2 Å². The van der Waals surface area contributed by atoms with Gasteiger partial charge in [0.25, 0.3) is 0 Å². The van der Waals surface area contributed by atoms with Crippen molar-refractivity contribution >= 4 is 42.9 Å². The van der Waals surface area contributed by atoms with Crippen molar-refractivity contribution in [1.29, 1.82) is 0 Å². The molecule has 2 fully saturated rings. The number of nitrogens with zero attached hydrogens (tertiary/aromatic N) is 3. The molecular weight excluding hydrogens is 441 g/mol. The van der Waals surface area contributed by atoms with Crippen molar-refractivity contribution in [1.82, 2.24) is 14.7 Å². The average molecular weight is 466 g/mol. The normalized spacial score (nSPS) is 21.5. The van der Waals surface area contributed by atoms with Crippen LogP contribution in [0.4, 0.5) is 4.39 Å². The lowest BCUT2D eigenvalue weighted by Crippen LogP contribution is -2.42. The Morgan fingerprint density at radius 1 is 1.26 bits per heavy atom. The van der Waals surface area contributed by atoms with Crippen molar-refractivity contribution in [2.24, 2.45) is 5.92 Å². The summed E-state index contributed by atoms with van der Waals surface area (Å²) in [5.41, 5.74) is 2.05. The van der Waals surface area contributed by atoms with E-state index in [1.807, 2.05) is 11.0 Å². The fourth-order valence-corrected chi connectivity index (χ4v) is 4.22. The van der Waals surface area contributed by atoms with Crippen molar-refractivity contribution in [3.8, 4) is 0 Å². The summed E-state index contributed by atoms with van der Waals surface area (Å²) < 4.78 is 16.0. The van der Waals surface area contributed by atoms with Gasteiger partial charge in [-0.05, 0) is 43.0 Å². The third kappa shape index (κ3) is 5.56. The fourth-order valence-electron chi connectivity index (χ4n) is 3.94. The van der Waals surface area contributed by atoms with Gasteiger partial charge in [-0.2, -0.15) is 17.7 Å². The Balaban J connectivity index is 0.00000272. The molecule has 2 unspecified atom stereocenters. The number of carbonyl (C=O) groups excluding carboxylic acids is 1. The number of piperidine rings is 1. The number of carbonyl (C=O) groups is 2. The first-order valence-corrected chi connectivity index (χ1v) is 10.6. The van der Waals surface area contributed by atoms with Gasteiger partial charge in [-0.1, -0.05) is 18.2 Å². The largest absolute Gasteiger partial charge is 0.480 e. The van der Waals surface area contributed by atoms with Crippen LogP contribution in [0.25, 0.3) is 6.08 Å². The number of benzene rings is 1. The zero-order valence-electron chi connectivity index (χ0n) is 16.9. The molecule has 1 aliphatic heterocycles. The molecule has 2 atom stereocenters. The van der Waals surface area contributed by atoms with Crippen LogP contribution in [0.15, 0.2) is 42.1 Å². The Morgan fingerprint density at radius 2 is 2.00 bits per heavy atom. The maximum atomic E-state index is 14.6. The van der Waals surface area contributed by atoms with Crippen LogP contribution in [0.5, 0.6) is 0 Å². The van der Waals surface area contributed by atoms with E-state index in [0.717, 1.165) is 24.8 Å². The molecule has 6 nitrogen and oxygen atoms in total. The number of Topliss-reactive ketones (excluding diaryl/α,β-unsaturated/α-hetero) is 1. The summed E-state index contributed by atoms with van der Waals surface area (Å²) in [4.78, 5) is 26.0. The molecule has 1 aliphatic carbocycles. The van der Waals surface area contributed by atoms with Gasteiger partial charge < -0.3 is 5.11 Å². The van der Waals surface area contributed by atoms with Crippen LogP contribution >= 0.6 is 25.0 Å². The van der Waals surface area contributed by atoms with E-state index in [0.29, 0.717) is 24.3 Å². The Morgan fingerprint density at radius 3 is 2.68 bits per heavy atom. The first-order valence-electron chi connectivity index (χ1n) is 10.1. The van der Waals surface area contributed by atoms with Gasteiger partial charge in [0.15, 0.2) is 5.78 Å². The van der Waals surface area contributed by atoms with E-state index in [-0.39, 0.29) is 41.7 Å². The van der Waals surface area contributed by atoms with E-state index in [9.17, 15) is 14.0 Å². The lowest BCUT2D eigenvalue weighted by molar-refractivity contribution is -0.137. The molecule has 31 heavy (non-hydrogen) atoms. The first-order chi connectivity index (χ1) is 14.4. The quantitative estimate of drug-likeness (QED) is 0.611. The van der Waals surface area contributed by atoms with Gasteiger partial charge in [-0.15, -0.1) is 12.4 Å². The molecule has 2 heterocycles. The highest BCUT2D eigenvalue weighted by molar-refractivity contribution is 7.81. The zero-order chi connectivity index (χ0) is 21.3. The molecule has 1 saturated carbocycles. The molecular formula is C22H25ClFN3O3S. The molecule has 9 heteroatoms. The maximum absolute atomic E-state index is 14.6. The van der Waals surface area contributed by atoms with Crippen molar-refractivity contribution in [2.45, 2.75) is 37.1 Å². The molecule has 2 aromatic rings. The van der Waals surface area contributed by atoms with Crippen molar-refractivity contribution < 1.29 is 19.1 Å². The van der Waals surface area contributed by atoms with E-state index in [2.05, 4.69) is 17.7 Å². The SMILES string of the molecule is Cl.O=C(O)Cn1ccc(/C=C2/CN(C(C(=O)C3CC3)c3ccccc3F)CCC2S)n1. The van der Waals surface area contributed by atoms with E-state index in [1.54, 1.807) is 30.5 Å². The van der Waals surface area contributed by atoms with Crippen LogP contribution in [0, 0.1) is 11.7 Å². The first kappa shape index (κ1) is 23.5. The Labute approximate surface area is 191 Å². The number of aliphatic carboxylic acids is 1. The fraction of sp³-hybridized carbons (Fsp3) is 0.409. The minimum absolute atomic E-state index is 0. The molecule has 2 aliphatic rings. The van der Waals surface area contributed by atoms with Crippen LogP contribution in [-0.4, -0.2) is 49.9 Å². The van der Waals surface area contributed by atoms with Gasteiger partial charge in [0.05, 0.1) is 11.7 Å². The zero-order valence-corrected chi connectivity index (χ0v) is 18.6. The highest BCUT2D eigenvalue weighted by Gasteiger charge is 2.40. The number of hydrogen-bond donors (Lipinski definition) is 2. The summed E-state index contributed by atoms with van der Waals surface area (Å²) in [5, 5.41) is 13.2. The smallest absolute Gasteiger partial charge is 0.325 e. The van der Waals surface area contributed by atoms with Crippen LogP contribution < -0.4 is 0 Å². The minimum Gasteiger partial charge on any atom is -0.480 e. The summed E-state index contributed by atoms with van der Waals surface area (Å²) in [6.07, 6.45) is 5.98. The van der Waals surface area contributed by atoms with Crippen LogP contribution in [-0.2, 0) is 16.1 Å². The van der Waals surface area contributed by atoms with Crippen molar-refractivity contribution in [3.63, 3.8) is 0 Å². The monoisotopic (exact) mass is 465 g/mol. The topological polar surface area (TPSA) is 75.4 Å². The predicted molar refractivity (Wildman–Crippen MR) is 121 cm³/mol. The van der Waals surface area contributed by atoms with Crippen LogP contribution in [0.2, 0.25) is 0 Å². The lowest BCUT2D eigenvalue weighted by atomic mass is 9.93. The second-order valence-electron chi connectivity index (χ2n) is 7.93. The van der Waals surface area contributed by atoms with Crippen LogP contribution in [0.3, 0.4) is 0 Å². The van der Waals surface area contributed by atoms with Gasteiger partial charge in [-0.25, -0.2) is 4.39 Å². The second kappa shape index (κ2) is 9.97. The highest BCUT2D eigenvalue weighted by Crippen LogP contribution is 2.39. The van der Waals surface area contributed by atoms with Gasteiger partial charge in [-0.3, -0.25) is 19.2 Å². The molecule has 0 radical (unpaired) electrons. The third-order valence-electron chi connectivity index (χ3n) is 5.61. The molecule has 166 valence electrons. The van der Waals surface area contributed by atoms with Gasteiger partial charge in [0.2, 0.25) is 0 Å². The number of ketones is 1. The van der Waals surface area contributed by atoms with Gasteiger partial charge in [0.1, 0.15) is 12.4 Å². The number of hydrogen-bond acceptors (Lipinski definition) is 5. The highest BCUT2D eigenvalue weighted by atomic mass is 35.5. The lowest BCUT2D eigenvalue weighted by Gasteiger charge is -2.37. The molecule has 0 bridgehead atoms. The third-order valence-corrected chi connectivity index (χ3v) is 6.20. The molecule has 1 aromatic heterocycles. The number of halogens is 2. The van der Waals surface area contributed by atoms with E-state index >= 15 is 0 Å². The number of carboxylic acids is 1. The standard InChI is InChI=1S/C22H24FN3O3S.ClH/c23-18-4-2-1-3-17(18)21(22(29)14-5-6-14)25-9-8-19(30)15(12-25)11-16-7-10-26(24-16)13-20(27)28;/h1-4,7,10-11,14,19,21,30H,5-6,8-9,12-13H2,(H,27,28);1H/b15-11-;. The molecule has 1 saturated heterocycles. The second-order valence-corrected chi connectivity index (χ2v) is 8.55. The molecule has 1 aromatic carbocycles. The summed E-state index contributed by atoms with van der Waals surface area (Å²) in [6.45, 7) is 0.929. The summed E-state index contributed by atoms with van der Waals surface area (Å²) in [7, 11) is 0. The number of likely N-dealkylation sites (tertiary alicyclic amines) is 1. The number of aromatic nitrogens is 2. The Hall–Kier alpha value is -2.16. The Bertz CT molecular complexity index is 992. The summed E-state index contributed by atoms with van der Waals surface area (Å²) in [5.74, 6) is -1.22. The van der Waals surface area contributed by atoms with Crippen molar-refractivity contribution in [2.75, 3.05) is 13.1 Å². The molecule has 1 N–H and O–H groups in total. The van der Waals surface area contributed by atoms with E-state index in [1.165, 1.54) is 10.7 Å². The van der Waals surface area contributed by atoms with Gasteiger partial charge >= 0.3 is 5.97 Å². The van der Waals surface area contributed by atoms with E-state index in [4.69, 9.17) is 5.11 Å². The average Bonchev–Trinajstić information content (AvgIpc) is 3.47. The summed E-state index contributed by atoms with van der Waals surface area (Å²) in [6, 6.07) is 7.65. The molecule has 0 amide bonds. The predicted octanol–water partition coefficient (Wildman–Crippen LogP) is 3.64. The maximum Gasteiger partial charge on any atom is 0.325 e. The molecule has 4 rings (SSSR count). The summed E-state index contributed by atoms with van der Waals surface area (Å²) >= 11 is 4.69. The minimum atomic E-state index is -0.959. The number of thiol groups is 1.